The van der Waals surface area contributed by atoms with E-state index in [1.165, 1.54) is 12.7 Å². The van der Waals surface area contributed by atoms with Crippen LogP contribution in [0.15, 0.2) is 54.6 Å². The van der Waals surface area contributed by atoms with Crippen molar-refractivity contribution in [3.63, 3.8) is 0 Å². The Morgan fingerprint density at radius 1 is 1.03 bits per heavy atom. The second-order valence-electron chi connectivity index (χ2n) is 9.14. The average Bonchev–Trinajstić information content (AvgIpc) is 3.64. The fourth-order valence-electron chi connectivity index (χ4n) is 4.85. The third-order valence-corrected chi connectivity index (χ3v) is 6.90. The first-order valence-electron chi connectivity index (χ1n) is 11.9. The fourth-order valence-corrected chi connectivity index (χ4v) is 4.85. The lowest BCUT2D eigenvalue weighted by Gasteiger charge is -2.35. The number of benzene rings is 2. The van der Waals surface area contributed by atoms with Gasteiger partial charge in [0.15, 0.2) is 0 Å². The first-order chi connectivity index (χ1) is 16.0. The highest BCUT2D eigenvalue weighted by Gasteiger charge is 2.44. The van der Waals surface area contributed by atoms with Gasteiger partial charge in [-0.05, 0) is 68.1 Å². The number of carbonyl (C=O) groups excluding carboxylic acids is 2. The molecule has 1 saturated heterocycles. The van der Waals surface area contributed by atoms with E-state index in [1.807, 2.05) is 6.07 Å². The van der Waals surface area contributed by atoms with Crippen molar-refractivity contribution >= 4 is 11.9 Å². The number of rotatable bonds is 9. The molecular weight excluding hydrogens is 416 g/mol. The Labute approximate surface area is 196 Å². The first-order valence-corrected chi connectivity index (χ1v) is 11.9. The van der Waals surface area contributed by atoms with Crippen LogP contribution in [0.25, 0.3) is 0 Å². The summed E-state index contributed by atoms with van der Waals surface area (Å²) >= 11 is 0. The van der Waals surface area contributed by atoms with Crippen LogP contribution in [0.4, 0.5) is 0 Å². The summed E-state index contributed by atoms with van der Waals surface area (Å²) < 4.78 is 10.6. The van der Waals surface area contributed by atoms with Crippen LogP contribution in [-0.2, 0) is 9.53 Å². The molecule has 0 N–H and O–H groups in total. The zero-order valence-corrected chi connectivity index (χ0v) is 19.6. The Bertz CT molecular complexity index is 923. The Hall–Kier alpha value is -2.86. The minimum absolute atomic E-state index is 0.201. The number of hydrogen-bond donors (Lipinski definition) is 0. The highest BCUT2D eigenvalue weighted by Crippen LogP contribution is 2.45. The van der Waals surface area contributed by atoms with E-state index < -0.39 is 0 Å². The van der Waals surface area contributed by atoms with Gasteiger partial charge < -0.3 is 14.4 Å². The fraction of sp³-hybridized carbons (Fsp3) is 0.481. The summed E-state index contributed by atoms with van der Waals surface area (Å²) in [5.41, 5.74) is 1.87. The van der Waals surface area contributed by atoms with Gasteiger partial charge in [0.05, 0.1) is 12.7 Å². The molecule has 1 heterocycles. The number of methoxy groups -OCH3 is 1. The van der Waals surface area contributed by atoms with E-state index in [1.54, 1.807) is 31.2 Å². The van der Waals surface area contributed by atoms with Gasteiger partial charge in [0.1, 0.15) is 12.4 Å². The van der Waals surface area contributed by atoms with Crippen molar-refractivity contribution in [2.75, 3.05) is 39.9 Å². The lowest BCUT2D eigenvalue weighted by atomic mass is 9.96. The summed E-state index contributed by atoms with van der Waals surface area (Å²) in [6.07, 6.45) is 3.31. The molecule has 2 atom stereocenters. The molecule has 0 spiro atoms. The largest absolute Gasteiger partial charge is 0.492 e. The Balaban J connectivity index is 1.18. The first kappa shape index (κ1) is 23.3. The summed E-state index contributed by atoms with van der Waals surface area (Å²) in [5, 5.41) is 0. The van der Waals surface area contributed by atoms with Gasteiger partial charge in [-0.3, -0.25) is 9.69 Å². The van der Waals surface area contributed by atoms with Gasteiger partial charge in [0, 0.05) is 32.0 Å². The number of likely N-dealkylation sites (tertiary alicyclic amines) is 1. The molecule has 6 nitrogen and oxygen atoms in total. The van der Waals surface area contributed by atoms with Crippen LogP contribution in [0.1, 0.15) is 48.0 Å². The van der Waals surface area contributed by atoms with Gasteiger partial charge in [-0.1, -0.05) is 30.3 Å². The topological polar surface area (TPSA) is 59.1 Å². The summed E-state index contributed by atoms with van der Waals surface area (Å²) in [4.78, 5) is 28.4. The molecule has 2 unspecified atom stereocenters. The van der Waals surface area contributed by atoms with Crippen LogP contribution in [0.2, 0.25) is 0 Å². The number of piperidine rings is 1. The number of carbonyl (C=O) groups is 2. The maximum absolute atomic E-state index is 12.4. The van der Waals surface area contributed by atoms with Crippen LogP contribution < -0.4 is 4.74 Å². The van der Waals surface area contributed by atoms with Crippen molar-refractivity contribution in [1.29, 1.82) is 0 Å². The van der Waals surface area contributed by atoms with E-state index in [2.05, 4.69) is 34.1 Å². The maximum Gasteiger partial charge on any atom is 0.337 e. The van der Waals surface area contributed by atoms with Crippen molar-refractivity contribution in [1.82, 2.24) is 9.80 Å². The molecule has 1 saturated carbocycles. The van der Waals surface area contributed by atoms with Crippen LogP contribution >= 0.6 is 0 Å². The van der Waals surface area contributed by atoms with E-state index in [4.69, 9.17) is 9.47 Å². The Morgan fingerprint density at radius 3 is 2.36 bits per heavy atom. The molecule has 33 heavy (non-hydrogen) atoms. The van der Waals surface area contributed by atoms with Crippen LogP contribution in [0.3, 0.4) is 0 Å². The van der Waals surface area contributed by atoms with Crippen molar-refractivity contribution in [3.05, 3.63) is 65.7 Å². The van der Waals surface area contributed by atoms with Gasteiger partial charge in [-0.25, -0.2) is 4.79 Å². The van der Waals surface area contributed by atoms with E-state index >= 15 is 0 Å². The molecule has 0 bridgehead atoms. The maximum atomic E-state index is 12.4. The van der Waals surface area contributed by atoms with Gasteiger partial charge in [-0.15, -0.1) is 0 Å². The summed E-state index contributed by atoms with van der Waals surface area (Å²) in [6.45, 7) is 6.15. The highest BCUT2D eigenvalue weighted by atomic mass is 16.5. The molecule has 176 valence electrons. The number of ether oxygens (including phenoxy) is 2. The van der Waals surface area contributed by atoms with Crippen LogP contribution in [0, 0.1) is 5.92 Å². The van der Waals surface area contributed by atoms with Gasteiger partial charge in [-0.2, -0.15) is 0 Å². The molecule has 1 amide bonds. The second-order valence-corrected chi connectivity index (χ2v) is 9.14. The monoisotopic (exact) mass is 450 g/mol. The second kappa shape index (κ2) is 10.8. The summed E-state index contributed by atoms with van der Waals surface area (Å²) in [5.74, 6) is 1.67. The molecule has 2 fully saturated rings. The Kier molecular flexibility index (Phi) is 7.65. The number of esters is 1. The number of amides is 1. The molecule has 1 aliphatic heterocycles. The van der Waals surface area contributed by atoms with Crippen molar-refractivity contribution < 1.29 is 19.1 Å². The molecule has 2 aliphatic rings. The molecule has 2 aromatic carbocycles. The Morgan fingerprint density at radius 2 is 1.73 bits per heavy atom. The third kappa shape index (κ3) is 6.14. The molecule has 2 aromatic rings. The number of hydrogen-bond acceptors (Lipinski definition) is 5. The van der Waals surface area contributed by atoms with E-state index in [0.29, 0.717) is 30.0 Å². The van der Waals surface area contributed by atoms with E-state index in [9.17, 15) is 9.59 Å². The van der Waals surface area contributed by atoms with Gasteiger partial charge >= 0.3 is 5.97 Å². The molecular formula is C27H34N2O4. The lowest BCUT2D eigenvalue weighted by Crippen LogP contribution is -2.42. The molecule has 0 aromatic heterocycles. The van der Waals surface area contributed by atoms with Crippen molar-refractivity contribution in [2.45, 2.75) is 38.1 Å². The number of nitrogens with zero attached hydrogens (tertiary/aromatic N) is 2. The normalized spacial score (nSPS) is 20.8. The summed E-state index contributed by atoms with van der Waals surface area (Å²) in [6, 6.07) is 18.0. The lowest BCUT2D eigenvalue weighted by molar-refractivity contribution is -0.130. The van der Waals surface area contributed by atoms with Crippen molar-refractivity contribution in [3.8, 4) is 5.75 Å². The molecule has 4 rings (SSSR count). The van der Waals surface area contributed by atoms with Gasteiger partial charge in [0.2, 0.25) is 5.91 Å². The zero-order chi connectivity index (χ0) is 23.2. The quantitative estimate of drug-likeness (QED) is 0.541. The van der Waals surface area contributed by atoms with E-state index in [-0.39, 0.29) is 11.9 Å². The summed E-state index contributed by atoms with van der Waals surface area (Å²) in [7, 11) is 1.38. The van der Waals surface area contributed by atoms with Gasteiger partial charge in [0.25, 0.3) is 0 Å². The van der Waals surface area contributed by atoms with Crippen LogP contribution in [-0.4, -0.2) is 67.6 Å². The predicted octanol–water partition coefficient (Wildman–Crippen LogP) is 3.97. The zero-order valence-electron chi connectivity index (χ0n) is 19.6. The van der Waals surface area contributed by atoms with Crippen molar-refractivity contribution in [2.24, 2.45) is 5.92 Å². The average molecular weight is 451 g/mol. The highest BCUT2D eigenvalue weighted by molar-refractivity contribution is 5.89. The molecule has 0 radical (unpaired) electrons. The molecule has 6 heteroatoms. The standard InChI is InChI=1S/C27H34N2O4/c1-20(30)29(26-18-25(26)22-6-4-3-5-7-22)19-21-12-14-28(15-13-21)16-17-33-24-10-8-23(9-11-24)27(31)32-2/h3-11,21,25-26H,12-19H2,1-2H3. The minimum atomic E-state index is -0.343. The third-order valence-electron chi connectivity index (χ3n) is 6.90. The van der Waals surface area contributed by atoms with E-state index in [0.717, 1.165) is 51.2 Å². The van der Waals surface area contributed by atoms with Crippen LogP contribution in [0.5, 0.6) is 5.75 Å². The molecule has 1 aliphatic carbocycles. The SMILES string of the molecule is COC(=O)c1ccc(OCCN2CCC(CN(C(C)=O)C3CC3c3ccccc3)CC2)cc1. The predicted molar refractivity (Wildman–Crippen MR) is 127 cm³/mol. The minimum Gasteiger partial charge on any atom is -0.492 e. The smallest absolute Gasteiger partial charge is 0.337 e.